The normalized spacial score (nSPS) is 29.2. The van der Waals surface area contributed by atoms with E-state index in [-0.39, 0.29) is 0 Å². The zero-order chi connectivity index (χ0) is 12.1. The fourth-order valence-electron chi connectivity index (χ4n) is 1.95. The van der Waals surface area contributed by atoms with Gasteiger partial charge in [0, 0.05) is 32.3 Å². The lowest BCUT2D eigenvalue weighted by molar-refractivity contribution is -0.218. The maximum Gasteiger partial charge on any atom is 0.504 e. The molecule has 0 radical (unpaired) electrons. The van der Waals surface area contributed by atoms with E-state index in [4.69, 9.17) is 23.7 Å². The highest BCUT2D eigenvalue weighted by Gasteiger charge is 2.51. The Bertz CT molecular complexity index is 201. The van der Waals surface area contributed by atoms with Gasteiger partial charge in [-0.25, -0.2) is 0 Å². The topological polar surface area (TPSA) is 62.9 Å². The molecule has 0 bridgehead atoms. The van der Waals surface area contributed by atoms with E-state index in [0.29, 0.717) is 26.2 Å². The van der Waals surface area contributed by atoms with E-state index in [1.165, 1.54) is 0 Å². The van der Waals surface area contributed by atoms with Crippen LogP contribution >= 0.6 is 0 Å². The monoisotopic (exact) mass is 249 g/mol. The minimum atomic E-state index is -2.61. The van der Waals surface area contributed by atoms with Gasteiger partial charge in [-0.15, -0.1) is 0 Å². The number of rotatable bonds is 6. The maximum absolute atomic E-state index is 6.04. The molecule has 2 N–H and O–H groups in total. The molecule has 1 fully saturated rings. The average molecular weight is 249 g/mol. The Balaban J connectivity index is 2.69. The molecule has 0 amide bonds. The van der Waals surface area contributed by atoms with Crippen molar-refractivity contribution in [3.05, 3.63) is 0 Å². The van der Waals surface area contributed by atoms with Crippen LogP contribution in [0.2, 0.25) is 6.04 Å². The molecular formula is C10H23NO4Si. The second kappa shape index (κ2) is 6.09. The summed E-state index contributed by atoms with van der Waals surface area (Å²) in [6.45, 7) is 7.45. The summed E-state index contributed by atoms with van der Waals surface area (Å²) in [6, 6.07) is 0.820. The van der Waals surface area contributed by atoms with Gasteiger partial charge in [-0.1, -0.05) is 0 Å². The summed E-state index contributed by atoms with van der Waals surface area (Å²) in [6.07, 6.45) is 1.61. The van der Waals surface area contributed by atoms with Gasteiger partial charge in [-0.05, 0) is 27.2 Å². The molecule has 0 saturated carbocycles. The summed E-state index contributed by atoms with van der Waals surface area (Å²) in [4.78, 5) is 0. The Labute approximate surface area is 98.6 Å². The van der Waals surface area contributed by atoms with Crippen molar-refractivity contribution < 1.29 is 18.0 Å². The minimum absolute atomic E-state index is 0.527. The summed E-state index contributed by atoms with van der Waals surface area (Å²) in [5, 5.41) is 0. The van der Waals surface area contributed by atoms with Gasteiger partial charge in [-0.2, -0.15) is 0 Å². The number of nitrogens with two attached hydrogens (primary N) is 1. The largest absolute Gasteiger partial charge is 0.504 e. The molecule has 1 unspecified atom stereocenters. The first-order chi connectivity index (χ1) is 7.60. The van der Waals surface area contributed by atoms with Crippen LogP contribution < -0.4 is 5.73 Å². The van der Waals surface area contributed by atoms with E-state index in [0.717, 1.165) is 12.5 Å². The standard InChI is InChI=1S/C10H23NO4Si/c1-4-12-10(11)8-7-9-16(15-10,13-5-2)14-6-3/h4-9,11H2,1-3H3. The van der Waals surface area contributed by atoms with Crippen molar-refractivity contribution in [2.24, 2.45) is 5.73 Å². The predicted molar refractivity (Wildman–Crippen MR) is 62.7 cm³/mol. The molecule has 1 heterocycles. The zero-order valence-corrected chi connectivity index (χ0v) is 11.5. The van der Waals surface area contributed by atoms with Crippen LogP contribution in [0.4, 0.5) is 0 Å². The lowest BCUT2D eigenvalue weighted by Gasteiger charge is -2.42. The van der Waals surface area contributed by atoms with Crippen molar-refractivity contribution in [2.75, 3.05) is 19.8 Å². The van der Waals surface area contributed by atoms with Gasteiger partial charge < -0.3 is 18.0 Å². The fourth-order valence-corrected chi connectivity index (χ4v) is 4.72. The summed E-state index contributed by atoms with van der Waals surface area (Å²) in [5.41, 5.74) is 6.04. The Morgan fingerprint density at radius 1 is 1.19 bits per heavy atom. The molecule has 1 aliphatic rings. The highest BCUT2D eigenvalue weighted by atomic mass is 28.4. The molecule has 0 aromatic rings. The van der Waals surface area contributed by atoms with E-state index in [2.05, 4.69) is 0 Å². The third kappa shape index (κ3) is 3.51. The molecule has 0 spiro atoms. The summed E-state index contributed by atoms with van der Waals surface area (Å²) < 4.78 is 22.7. The Hall–Kier alpha value is 0.0169. The highest BCUT2D eigenvalue weighted by Crippen LogP contribution is 2.32. The van der Waals surface area contributed by atoms with E-state index in [1.54, 1.807) is 0 Å². The van der Waals surface area contributed by atoms with Crippen molar-refractivity contribution in [3.63, 3.8) is 0 Å². The highest BCUT2D eigenvalue weighted by molar-refractivity contribution is 6.61. The molecule has 0 aromatic heterocycles. The van der Waals surface area contributed by atoms with Crippen LogP contribution in [0.1, 0.15) is 33.6 Å². The molecule has 6 heteroatoms. The number of ether oxygens (including phenoxy) is 1. The summed E-state index contributed by atoms with van der Waals surface area (Å²) >= 11 is 0. The third-order valence-corrected chi connectivity index (χ3v) is 5.53. The van der Waals surface area contributed by atoms with Gasteiger partial charge in [-0.3, -0.25) is 5.73 Å². The van der Waals surface area contributed by atoms with Crippen molar-refractivity contribution in [1.29, 1.82) is 0 Å². The molecule has 1 rings (SSSR count). The second-order valence-electron chi connectivity index (χ2n) is 3.75. The maximum atomic E-state index is 6.04. The van der Waals surface area contributed by atoms with Gasteiger partial charge >= 0.3 is 8.80 Å². The number of hydrogen-bond donors (Lipinski definition) is 1. The van der Waals surface area contributed by atoms with E-state index >= 15 is 0 Å². The first kappa shape index (κ1) is 14.1. The van der Waals surface area contributed by atoms with Crippen LogP contribution in [0.3, 0.4) is 0 Å². The molecule has 16 heavy (non-hydrogen) atoms. The quantitative estimate of drug-likeness (QED) is 0.570. The van der Waals surface area contributed by atoms with Crippen LogP contribution in [0.15, 0.2) is 0 Å². The van der Waals surface area contributed by atoms with Gasteiger partial charge in [0.1, 0.15) is 0 Å². The molecule has 1 atom stereocenters. The van der Waals surface area contributed by atoms with E-state index in [9.17, 15) is 0 Å². The summed E-state index contributed by atoms with van der Waals surface area (Å²) in [5.74, 6) is -1.02. The van der Waals surface area contributed by atoms with Crippen LogP contribution in [0, 0.1) is 0 Å². The van der Waals surface area contributed by atoms with Crippen molar-refractivity contribution >= 4 is 8.80 Å². The zero-order valence-electron chi connectivity index (χ0n) is 10.5. The van der Waals surface area contributed by atoms with Gasteiger partial charge in [0.05, 0.1) is 0 Å². The molecule has 1 aliphatic heterocycles. The first-order valence-corrected chi connectivity index (χ1v) is 7.94. The molecule has 5 nitrogen and oxygen atoms in total. The van der Waals surface area contributed by atoms with Gasteiger partial charge in [0.2, 0.25) is 5.91 Å². The van der Waals surface area contributed by atoms with E-state index in [1.807, 2.05) is 20.8 Å². The molecular weight excluding hydrogens is 226 g/mol. The van der Waals surface area contributed by atoms with E-state index < -0.39 is 14.7 Å². The van der Waals surface area contributed by atoms with Crippen molar-refractivity contribution in [3.8, 4) is 0 Å². The predicted octanol–water partition coefficient (Wildman–Crippen LogP) is 1.46. The smallest absolute Gasteiger partial charge is 0.374 e. The third-order valence-electron chi connectivity index (χ3n) is 2.45. The SMILES string of the molecule is CCOC1(N)CCC[Si](OCC)(OCC)O1. The Morgan fingerprint density at radius 2 is 1.81 bits per heavy atom. The van der Waals surface area contributed by atoms with Crippen LogP contribution in [0.25, 0.3) is 0 Å². The second-order valence-corrected chi connectivity index (χ2v) is 6.40. The van der Waals surface area contributed by atoms with Gasteiger partial charge in [0.15, 0.2) is 0 Å². The average Bonchev–Trinajstić information content (AvgIpc) is 2.18. The molecule has 0 aliphatic carbocycles. The first-order valence-electron chi connectivity index (χ1n) is 6.00. The van der Waals surface area contributed by atoms with Crippen LogP contribution in [-0.4, -0.2) is 34.5 Å². The van der Waals surface area contributed by atoms with Crippen LogP contribution in [0.5, 0.6) is 0 Å². The molecule has 0 aromatic carbocycles. The van der Waals surface area contributed by atoms with Crippen LogP contribution in [-0.2, 0) is 18.0 Å². The molecule has 96 valence electrons. The van der Waals surface area contributed by atoms with Gasteiger partial charge in [0.25, 0.3) is 0 Å². The van der Waals surface area contributed by atoms with Crippen molar-refractivity contribution in [1.82, 2.24) is 0 Å². The lowest BCUT2D eigenvalue weighted by atomic mass is 10.3. The lowest BCUT2D eigenvalue weighted by Crippen LogP contribution is -2.61. The fraction of sp³-hybridized carbons (Fsp3) is 1.00. The number of hydrogen-bond acceptors (Lipinski definition) is 5. The Kier molecular flexibility index (Phi) is 5.36. The molecule has 1 saturated heterocycles. The Morgan fingerprint density at radius 3 is 2.31 bits per heavy atom. The van der Waals surface area contributed by atoms with Crippen molar-refractivity contribution in [2.45, 2.75) is 45.6 Å². The summed E-state index contributed by atoms with van der Waals surface area (Å²) in [7, 11) is -2.61. The minimum Gasteiger partial charge on any atom is -0.374 e.